The summed E-state index contributed by atoms with van der Waals surface area (Å²) in [4.78, 5) is 23.8. The van der Waals surface area contributed by atoms with Crippen molar-refractivity contribution in [3.05, 3.63) is 71.3 Å². The second kappa shape index (κ2) is 9.82. The largest absolute Gasteiger partial charge is 0.294 e. The number of hydrogen-bond acceptors (Lipinski definition) is 2. The molecule has 4 heteroatoms. The van der Waals surface area contributed by atoms with Gasteiger partial charge in [0.15, 0.2) is 11.6 Å². The molecule has 0 radical (unpaired) electrons. The van der Waals surface area contributed by atoms with Crippen LogP contribution in [0.1, 0.15) is 65.7 Å². The Bertz CT molecular complexity index is 629. The van der Waals surface area contributed by atoms with Gasteiger partial charge < -0.3 is 0 Å². The SMILES string of the molecule is O=C(CCCCCCCC(=O)c1ccc(F)cc1)c1ccc(F)cc1. The quantitative estimate of drug-likeness (QED) is 0.405. The number of benzene rings is 2. The summed E-state index contributed by atoms with van der Waals surface area (Å²) in [7, 11) is 0. The number of halogens is 2. The van der Waals surface area contributed by atoms with Gasteiger partial charge in [-0.15, -0.1) is 0 Å². The molecule has 132 valence electrons. The number of carbonyl (C=O) groups is 2. The van der Waals surface area contributed by atoms with Crippen molar-refractivity contribution in [1.82, 2.24) is 0 Å². The summed E-state index contributed by atoms with van der Waals surface area (Å²) in [5.74, 6) is -0.614. The standard InChI is InChI=1S/C21H22F2O2/c22-18-12-8-16(9-13-18)20(24)6-4-2-1-3-5-7-21(25)17-10-14-19(23)15-11-17/h8-15H,1-7H2. The molecule has 2 aromatic rings. The van der Waals surface area contributed by atoms with Crippen LogP contribution in [0.5, 0.6) is 0 Å². The minimum atomic E-state index is -0.341. The van der Waals surface area contributed by atoms with Crippen LogP contribution in [0.15, 0.2) is 48.5 Å². The molecule has 0 heterocycles. The summed E-state index contributed by atoms with van der Waals surface area (Å²) in [6, 6.07) is 11.2. The summed E-state index contributed by atoms with van der Waals surface area (Å²) < 4.78 is 25.6. The van der Waals surface area contributed by atoms with Crippen molar-refractivity contribution < 1.29 is 18.4 Å². The lowest BCUT2D eigenvalue weighted by molar-refractivity contribution is 0.0973. The van der Waals surface area contributed by atoms with Gasteiger partial charge in [0.05, 0.1) is 0 Å². The van der Waals surface area contributed by atoms with Crippen molar-refractivity contribution in [2.75, 3.05) is 0 Å². The van der Waals surface area contributed by atoms with Gasteiger partial charge >= 0.3 is 0 Å². The Hall–Kier alpha value is -2.36. The first kappa shape index (κ1) is 19.0. The van der Waals surface area contributed by atoms with Crippen molar-refractivity contribution in [2.45, 2.75) is 44.9 Å². The van der Waals surface area contributed by atoms with Crippen LogP contribution in [0.2, 0.25) is 0 Å². The van der Waals surface area contributed by atoms with Crippen LogP contribution in [0, 0.1) is 11.6 Å². The van der Waals surface area contributed by atoms with E-state index in [1.165, 1.54) is 48.5 Å². The second-order valence-electron chi connectivity index (χ2n) is 6.13. The van der Waals surface area contributed by atoms with Crippen molar-refractivity contribution in [1.29, 1.82) is 0 Å². The zero-order valence-electron chi connectivity index (χ0n) is 14.1. The maximum Gasteiger partial charge on any atom is 0.162 e. The van der Waals surface area contributed by atoms with E-state index < -0.39 is 0 Å². The van der Waals surface area contributed by atoms with Crippen LogP contribution in [-0.2, 0) is 0 Å². The van der Waals surface area contributed by atoms with Gasteiger partial charge in [0.2, 0.25) is 0 Å². The van der Waals surface area contributed by atoms with E-state index in [0.29, 0.717) is 24.0 Å². The van der Waals surface area contributed by atoms with Crippen molar-refractivity contribution in [3.63, 3.8) is 0 Å². The molecule has 0 spiro atoms. The number of unbranched alkanes of at least 4 members (excludes halogenated alkanes) is 4. The normalized spacial score (nSPS) is 10.6. The lowest BCUT2D eigenvalue weighted by Crippen LogP contribution is -2.00. The van der Waals surface area contributed by atoms with Gasteiger partial charge in [0.1, 0.15) is 11.6 Å². The number of Topliss-reactive ketones (excluding diaryl/α,β-unsaturated/α-hetero) is 2. The summed E-state index contributed by atoms with van der Waals surface area (Å²) in [5, 5.41) is 0. The van der Waals surface area contributed by atoms with Crippen molar-refractivity contribution >= 4 is 11.6 Å². The number of rotatable bonds is 10. The summed E-state index contributed by atoms with van der Waals surface area (Å²) in [5.41, 5.74) is 1.09. The van der Waals surface area contributed by atoms with Gasteiger partial charge in [0.25, 0.3) is 0 Å². The van der Waals surface area contributed by atoms with Gasteiger partial charge in [-0.25, -0.2) is 8.78 Å². The predicted octanol–water partition coefficient (Wildman–Crippen LogP) is 5.76. The number of hydrogen-bond donors (Lipinski definition) is 0. The average Bonchev–Trinajstić information content (AvgIpc) is 2.61. The lowest BCUT2D eigenvalue weighted by atomic mass is 10.0. The minimum absolute atomic E-state index is 0.0338. The van der Waals surface area contributed by atoms with Gasteiger partial charge in [-0.05, 0) is 61.4 Å². The maximum absolute atomic E-state index is 12.8. The van der Waals surface area contributed by atoms with Crippen molar-refractivity contribution in [2.24, 2.45) is 0 Å². The topological polar surface area (TPSA) is 34.1 Å². The second-order valence-corrected chi connectivity index (χ2v) is 6.13. The first-order valence-corrected chi connectivity index (χ1v) is 8.64. The third-order valence-corrected chi connectivity index (χ3v) is 4.14. The molecule has 2 rings (SSSR count). The van der Waals surface area contributed by atoms with Crippen LogP contribution in [-0.4, -0.2) is 11.6 Å². The van der Waals surface area contributed by atoms with Crippen LogP contribution in [0.25, 0.3) is 0 Å². The molecule has 0 saturated carbocycles. The molecule has 0 aliphatic rings. The Kier molecular flexibility index (Phi) is 7.45. The molecule has 2 aromatic carbocycles. The van der Waals surface area contributed by atoms with Crippen molar-refractivity contribution in [3.8, 4) is 0 Å². The number of carbonyl (C=O) groups excluding carboxylic acids is 2. The molecule has 0 bridgehead atoms. The third-order valence-electron chi connectivity index (χ3n) is 4.14. The molecule has 25 heavy (non-hydrogen) atoms. The highest BCUT2D eigenvalue weighted by Crippen LogP contribution is 2.13. The zero-order chi connectivity index (χ0) is 18.1. The maximum atomic E-state index is 12.8. The Balaban J connectivity index is 1.56. The molecule has 0 amide bonds. The fourth-order valence-corrected chi connectivity index (χ4v) is 2.66. The molecular weight excluding hydrogens is 322 g/mol. The highest BCUT2D eigenvalue weighted by molar-refractivity contribution is 5.96. The molecule has 0 fully saturated rings. The van der Waals surface area contributed by atoms with Gasteiger partial charge in [-0.2, -0.15) is 0 Å². The fraction of sp³-hybridized carbons (Fsp3) is 0.333. The van der Waals surface area contributed by atoms with E-state index in [9.17, 15) is 18.4 Å². The van der Waals surface area contributed by atoms with E-state index in [1.54, 1.807) is 0 Å². The smallest absolute Gasteiger partial charge is 0.162 e. The van der Waals surface area contributed by atoms with Gasteiger partial charge in [-0.3, -0.25) is 9.59 Å². The lowest BCUT2D eigenvalue weighted by Gasteiger charge is -2.03. The van der Waals surface area contributed by atoms with Gasteiger partial charge in [-0.1, -0.05) is 19.3 Å². The molecule has 0 saturated heterocycles. The Morgan fingerprint density at radius 3 is 1.24 bits per heavy atom. The number of ketones is 2. The molecule has 0 aliphatic carbocycles. The van der Waals surface area contributed by atoms with Crippen LogP contribution < -0.4 is 0 Å². The van der Waals surface area contributed by atoms with Crippen LogP contribution in [0.3, 0.4) is 0 Å². The van der Waals surface area contributed by atoms with Crippen LogP contribution in [0.4, 0.5) is 8.78 Å². The molecule has 0 unspecified atom stereocenters. The zero-order valence-corrected chi connectivity index (χ0v) is 14.1. The fourth-order valence-electron chi connectivity index (χ4n) is 2.66. The Morgan fingerprint density at radius 2 is 0.880 bits per heavy atom. The van der Waals surface area contributed by atoms with E-state index in [-0.39, 0.29) is 23.2 Å². The predicted molar refractivity (Wildman–Crippen MR) is 93.8 cm³/mol. The minimum Gasteiger partial charge on any atom is -0.294 e. The average molecular weight is 344 g/mol. The van der Waals surface area contributed by atoms with E-state index in [2.05, 4.69) is 0 Å². The van der Waals surface area contributed by atoms with Gasteiger partial charge in [0, 0.05) is 24.0 Å². The highest BCUT2D eigenvalue weighted by Gasteiger charge is 2.07. The summed E-state index contributed by atoms with van der Waals surface area (Å²) >= 11 is 0. The Labute approximate surface area is 146 Å². The van der Waals surface area contributed by atoms with E-state index >= 15 is 0 Å². The molecule has 0 aliphatic heterocycles. The molecule has 0 N–H and O–H groups in total. The van der Waals surface area contributed by atoms with E-state index in [4.69, 9.17) is 0 Å². The summed E-state index contributed by atoms with van der Waals surface area (Å²) in [6.45, 7) is 0. The Morgan fingerprint density at radius 1 is 0.560 bits per heavy atom. The molecule has 0 atom stereocenters. The van der Waals surface area contributed by atoms with E-state index in [0.717, 1.165) is 32.1 Å². The monoisotopic (exact) mass is 344 g/mol. The van der Waals surface area contributed by atoms with Crippen LogP contribution >= 0.6 is 0 Å². The highest BCUT2D eigenvalue weighted by atomic mass is 19.1. The third kappa shape index (κ3) is 6.57. The van der Waals surface area contributed by atoms with E-state index in [1.807, 2.05) is 0 Å². The molecular formula is C21H22F2O2. The first-order valence-electron chi connectivity index (χ1n) is 8.64. The molecule has 0 aromatic heterocycles. The summed E-state index contributed by atoms with van der Waals surface area (Å²) in [6.07, 6.45) is 5.33. The molecule has 2 nitrogen and oxygen atoms in total. The first-order chi connectivity index (χ1) is 12.1.